The van der Waals surface area contributed by atoms with Crippen molar-refractivity contribution in [2.24, 2.45) is 17.8 Å². The third-order valence-corrected chi connectivity index (χ3v) is 8.42. The first-order valence-corrected chi connectivity index (χ1v) is 14.2. The zero-order valence-corrected chi connectivity index (χ0v) is 22.8. The molecule has 0 aliphatic heterocycles. The highest BCUT2D eigenvalue weighted by Gasteiger charge is 2.51. The summed E-state index contributed by atoms with van der Waals surface area (Å²) in [4.78, 5) is 16.8. The molecule has 4 aliphatic carbocycles. The second kappa shape index (κ2) is 13.1. The molecule has 4 aliphatic rings. The van der Waals surface area contributed by atoms with Gasteiger partial charge in [0.15, 0.2) is 0 Å². The van der Waals surface area contributed by atoms with Gasteiger partial charge < -0.3 is 20.9 Å². The van der Waals surface area contributed by atoms with Gasteiger partial charge in [-0.2, -0.15) is 15.0 Å². The molecule has 200 valence electrons. The van der Waals surface area contributed by atoms with Crippen molar-refractivity contribution in [3.63, 3.8) is 0 Å². The Hall–Kier alpha value is -2.85. The first-order chi connectivity index (χ1) is 18.1. The summed E-state index contributed by atoms with van der Waals surface area (Å²) >= 11 is 0. The number of hydrogen-bond donors (Lipinski definition) is 3. The van der Waals surface area contributed by atoms with E-state index in [9.17, 15) is 0 Å². The molecule has 7 heteroatoms. The molecule has 3 N–H and O–H groups in total. The topological polar surface area (TPSA) is 78.0 Å². The van der Waals surface area contributed by atoms with Crippen LogP contribution >= 0.6 is 0 Å². The summed E-state index contributed by atoms with van der Waals surface area (Å²) in [6.45, 7) is 9.38. The molecule has 0 saturated heterocycles. The van der Waals surface area contributed by atoms with E-state index >= 15 is 0 Å². The number of aromatic nitrogens is 3. The lowest BCUT2D eigenvalue weighted by molar-refractivity contribution is 0.0103. The summed E-state index contributed by atoms with van der Waals surface area (Å²) in [6, 6.07) is 10.6. The Morgan fingerprint density at radius 2 is 1.35 bits per heavy atom. The second-order valence-corrected chi connectivity index (χ2v) is 11.1. The van der Waals surface area contributed by atoms with Gasteiger partial charge in [-0.15, -0.1) is 12.8 Å². The van der Waals surface area contributed by atoms with Gasteiger partial charge in [-0.3, -0.25) is 0 Å². The quantitative estimate of drug-likeness (QED) is 0.253. The molecule has 4 fully saturated rings. The van der Waals surface area contributed by atoms with Crippen LogP contribution in [0.2, 0.25) is 0 Å². The molecule has 2 aromatic rings. The third kappa shape index (κ3) is 7.35. The maximum atomic E-state index is 4.83. The molecule has 0 amide bonds. The average molecular weight is 504 g/mol. The Labute approximate surface area is 223 Å². The van der Waals surface area contributed by atoms with Crippen LogP contribution in [-0.2, 0) is 6.42 Å². The maximum absolute atomic E-state index is 4.83. The number of hydrogen-bond acceptors (Lipinski definition) is 7. The molecule has 0 radical (unpaired) electrons. The molecule has 1 aromatic carbocycles. The van der Waals surface area contributed by atoms with Gasteiger partial charge in [0.25, 0.3) is 0 Å². The minimum absolute atomic E-state index is 0.178. The van der Waals surface area contributed by atoms with Crippen LogP contribution < -0.4 is 16.0 Å². The third-order valence-electron chi connectivity index (χ3n) is 8.42. The number of nitrogens with one attached hydrogen (secondary N) is 3. The standard InChI is InChI=1S/C28H43N7.C2H2/c1-3-35(4-2)14-8-12-29-25-31-26(30-13-11-21-9-6-5-7-10-21)33-27(32-25)34-28-18-22-15-23(19-28)17-24(16-22)20-28;1-2/h5-7,9-10,22-24H,3-4,8,11-20H2,1-2H3,(H3,29,30,31,32,33,34);1-2H. The van der Waals surface area contributed by atoms with E-state index in [1.54, 1.807) is 0 Å². The fourth-order valence-electron chi connectivity index (χ4n) is 7.10. The van der Waals surface area contributed by atoms with Crippen molar-refractivity contribution in [2.45, 2.75) is 70.8 Å². The minimum Gasteiger partial charge on any atom is -0.354 e. The highest BCUT2D eigenvalue weighted by molar-refractivity contribution is 5.44. The van der Waals surface area contributed by atoms with Gasteiger partial charge in [0.1, 0.15) is 0 Å². The van der Waals surface area contributed by atoms with Crippen LogP contribution in [0.1, 0.15) is 64.4 Å². The van der Waals surface area contributed by atoms with E-state index in [0.29, 0.717) is 11.9 Å². The number of anilines is 3. The van der Waals surface area contributed by atoms with Crippen LogP contribution in [0.25, 0.3) is 0 Å². The van der Waals surface area contributed by atoms with Crippen LogP contribution in [0.15, 0.2) is 30.3 Å². The lowest BCUT2D eigenvalue weighted by Gasteiger charge is -2.56. The molecule has 4 bridgehead atoms. The van der Waals surface area contributed by atoms with Crippen molar-refractivity contribution < 1.29 is 0 Å². The SMILES string of the molecule is C#C.CCN(CC)CCCNc1nc(NCCc2ccccc2)nc(NC23CC4CC(CC(C4)C2)C3)n1. The smallest absolute Gasteiger partial charge is 0.229 e. The Kier molecular flexibility index (Phi) is 9.62. The van der Waals surface area contributed by atoms with Crippen molar-refractivity contribution in [3.05, 3.63) is 35.9 Å². The second-order valence-electron chi connectivity index (χ2n) is 11.1. The lowest BCUT2D eigenvalue weighted by atomic mass is 9.53. The highest BCUT2D eigenvalue weighted by Crippen LogP contribution is 2.56. The largest absolute Gasteiger partial charge is 0.354 e. The predicted octanol–water partition coefficient (Wildman–Crippen LogP) is 5.30. The molecule has 0 atom stereocenters. The number of rotatable bonds is 13. The number of benzene rings is 1. The Bertz CT molecular complexity index is 951. The summed E-state index contributed by atoms with van der Waals surface area (Å²) in [5.41, 5.74) is 1.49. The van der Waals surface area contributed by atoms with Crippen molar-refractivity contribution in [1.82, 2.24) is 19.9 Å². The van der Waals surface area contributed by atoms with Crippen molar-refractivity contribution in [3.8, 4) is 12.8 Å². The summed E-state index contributed by atoms with van der Waals surface area (Å²) in [5, 5.41) is 10.8. The maximum Gasteiger partial charge on any atom is 0.229 e. The van der Waals surface area contributed by atoms with Gasteiger partial charge >= 0.3 is 0 Å². The molecule has 4 saturated carbocycles. The molecule has 0 spiro atoms. The summed E-state index contributed by atoms with van der Waals surface area (Å²) in [6.07, 6.45) is 18.1. The molecular formula is C30H45N7. The van der Waals surface area contributed by atoms with Gasteiger partial charge in [0, 0.05) is 18.6 Å². The fraction of sp³-hybridized carbons (Fsp3) is 0.633. The minimum atomic E-state index is 0.178. The van der Waals surface area contributed by atoms with Gasteiger partial charge in [0.05, 0.1) is 0 Å². The highest BCUT2D eigenvalue weighted by atomic mass is 15.3. The van der Waals surface area contributed by atoms with Crippen LogP contribution in [0.3, 0.4) is 0 Å². The predicted molar refractivity (Wildman–Crippen MR) is 154 cm³/mol. The average Bonchev–Trinajstić information content (AvgIpc) is 2.89. The Morgan fingerprint density at radius 1 is 0.811 bits per heavy atom. The Morgan fingerprint density at radius 3 is 1.92 bits per heavy atom. The summed E-state index contributed by atoms with van der Waals surface area (Å²) in [7, 11) is 0. The van der Waals surface area contributed by atoms with Crippen molar-refractivity contribution in [1.29, 1.82) is 0 Å². The molecule has 1 aromatic heterocycles. The van der Waals surface area contributed by atoms with E-state index in [-0.39, 0.29) is 5.54 Å². The summed E-state index contributed by atoms with van der Waals surface area (Å²) in [5.74, 6) is 4.73. The molecule has 7 nitrogen and oxygen atoms in total. The van der Waals surface area contributed by atoms with E-state index in [2.05, 4.69) is 77.9 Å². The van der Waals surface area contributed by atoms with Crippen LogP contribution in [-0.4, -0.2) is 58.1 Å². The molecule has 0 unspecified atom stereocenters. The zero-order valence-electron chi connectivity index (χ0n) is 22.8. The van der Waals surface area contributed by atoms with Crippen LogP contribution in [0.5, 0.6) is 0 Å². The lowest BCUT2D eigenvalue weighted by Crippen LogP contribution is -2.55. The van der Waals surface area contributed by atoms with Gasteiger partial charge in [-0.05, 0) is 94.3 Å². The van der Waals surface area contributed by atoms with E-state index < -0.39 is 0 Å². The van der Waals surface area contributed by atoms with E-state index in [1.165, 1.54) is 44.1 Å². The molecule has 1 heterocycles. The van der Waals surface area contributed by atoms with Gasteiger partial charge in [-0.25, -0.2) is 0 Å². The van der Waals surface area contributed by atoms with Crippen molar-refractivity contribution >= 4 is 17.8 Å². The first kappa shape index (κ1) is 27.2. The van der Waals surface area contributed by atoms with E-state index in [1.807, 2.05) is 0 Å². The molecular weight excluding hydrogens is 458 g/mol. The normalized spacial score (nSPS) is 25.4. The first-order valence-electron chi connectivity index (χ1n) is 14.2. The van der Waals surface area contributed by atoms with Gasteiger partial charge in [-0.1, -0.05) is 44.2 Å². The van der Waals surface area contributed by atoms with Crippen LogP contribution in [0.4, 0.5) is 17.8 Å². The van der Waals surface area contributed by atoms with E-state index in [4.69, 9.17) is 15.0 Å². The van der Waals surface area contributed by atoms with Crippen LogP contribution in [0, 0.1) is 30.6 Å². The molecule has 37 heavy (non-hydrogen) atoms. The summed E-state index contributed by atoms with van der Waals surface area (Å²) < 4.78 is 0. The van der Waals surface area contributed by atoms with Gasteiger partial charge in [0.2, 0.25) is 17.8 Å². The number of terminal acetylenes is 1. The number of nitrogens with zero attached hydrogens (tertiary/aromatic N) is 4. The van der Waals surface area contributed by atoms with E-state index in [0.717, 1.165) is 69.3 Å². The van der Waals surface area contributed by atoms with Crippen molar-refractivity contribution in [2.75, 3.05) is 48.7 Å². The zero-order chi connectivity index (χ0) is 26.1. The Balaban J connectivity index is 0.00000156. The molecule has 6 rings (SSSR count). The fourth-order valence-corrected chi connectivity index (χ4v) is 7.10. The monoisotopic (exact) mass is 503 g/mol.